The summed E-state index contributed by atoms with van der Waals surface area (Å²) in [5.41, 5.74) is 0.0875. The number of carbonyl (C=O) groups excluding carboxylic acids is 2. The summed E-state index contributed by atoms with van der Waals surface area (Å²) in [5.74, 6) is -0.107. The highest BCUT2D eigenvalue weighted by atomic mass is 32.2. The highest BCUT2D eigenvalue weighted by Gasteiger charge is 2.26. The van der Waals surface area contributed by atoms with Gasteiger partial charge in [0, 0.05) is 13.1 Å². The van der Waals surface area contributed by atoms with Crippen LogP contribution in [0, 0.1) is 11.8 Å². The molecule has 1 N–H and O–H groups in total. The molecule has 1 fully saturated rings. The monoisotopic (exact) mass is 368 g/mol. The maximum absolute atomic E-state index is 12.2. The zero-order valence-corrected chi connectivity index (χ0v) is 15.5. The molecule has 1 saturated heterocycles. The predicted molar refractivity (Wildman–Crippen MR) is 92.5 cm³/mol. The van der Waals surface area contributed by atoms with Crippen molar-refractivity contribution in [2.75, 3.05) is 26.7 Å². The topological polar surface area (TPSA) is 92.8 Å². The van der Waals surface area contributed by atoms with Gasteiger partial charge in [0.05, 0.1) is 10.5 Å². The van der Waals surface area contributed by atoms with E-state index in [1.807, 2.05) is 0 Å². The number of hydrogen-bond donors (Lipinski definition) is 1. The van der Waals surface area contributed by atoms with Crippen LogP contribution in [0.3, 0.4) is 0 Å². The predicted octanol–water partition coefficient (Wildman–Crippen LogP) is 1.26. The molecule has 8 heteroatoms. The van der Waals surface area contributed by atoms with Gasteiger partial charge in [-0.25, -0.2) is 17.9 Å². The lowest BCUT2D eigenvalue weighted by atomic mass is 9.92. The molecule has 1 aromatic rings. The Balaban J connectivity index is 1.98. The van der Waals surface area contributed by atoms with Crippen LogP contribution in [0.4, 0.5) is 0 Å². The molecule has 0 aliphatic carbocycles. The Kier molecular flexibility index (Phi) is 6.18. The highest BCUT2D eigenvalue weighted by Crippen LogP contribution is 2.21. The number of nitrogens with zero attached hydrogens (tertiary/aromatic N) is 1. The molecule has 7 nitrogen and oxygen atoms in total. The SMILES string of the molecule is CNS(=O)(=O)c1cccc(C(=O)OCC(=O)N2CC(C)CC(C)C2)c1. The summed E-state index contributed by atoms with van der Waals surface area (Å²) in [6.45, 7) is 5.17. The molecule has 0 saturated carbocycles. The number of hydrogen-bond acceptors (Lipinski definition) is 5. The highest BCUT2D eigenvalue weighted by molar-refractivity contribution is 7.89. The van der Waals surface area contributed by atoms with Crippen LogP contribution < -0.4 is 4.72 Å². The van der Waals surface area contributed by atoms with Crippen molar-refractivity contribution in [2.45, 2.75) is 25.2 Å². The number of esters is 1. The number of nitrogens with one attached hydrogen (secondary N) is 1. The Morgan fingerprint density at radius 2 is 1.88 bits per heavy atom. The minimum absolute atomic E-state index is 0.0329. The summed E-state index contributed by atoms with van der Waals surface area (Å²) in [6, 6.07) is 5.51. The molecule has 1 aliphatic heterocycles. The van der Waals surface area contributed by atoms with E-state index in [-0.39, 0.29) is 23.0 Å². The van der Waals surface area contributed by atoms with Gasteiger partial charge in [-0.3, -0.25) is 4.79 Å². The molecule has 1 amide bonds. The second-order valence-corrected chi connectivity index (χ2v) is 8.44. The minimum atomic E-state index is -3.65. The summed E-state index contributed by atoms with van der Waals surface area (Å²) < 4.78 is 30.8. The molecule has 25 heavy (non-hydrogen) atoms. The van der Waals surface area contributed by atoms with Gasteiger partial charge in [-0.05, 0) is 43.5 Å². The second kappa shape index (κ2) is 7.97. The van der Waals surface area contributed by atoms with Crippen molar-refractivity contribution in [1.82, 2.24) is 9.62 Å². The van der Waals surface area contributed by atoms with E-state index in [4.69, 9.17) is 4.74 Å². The first-order valence-electron chi connectivity index (χ1n) is 8.21. The van der Waals surface area contributed by atoms with Crippen molar-refractivity contribution in [1.29, 1.82) is 0 Å². The van der Waals surface area contributed by atoms with Crippen molar-refractivity contribution in [3.8, 4) is 0 Å². The van der Waals surface area contributed by atoms with Crippen molar-refractivity contribution in [3.63, 3.8) is 0 Å². The van der Waals surface area contributed by atoms with Crippen LogP contribution in [-0.2, 0) is 19.6 Å². The lowest BCUT2D eigenvalue weighted by molar-refractivity contribution is -0.137. The molecule has 1 aliphatic rings. The fourth-order valence-electron chi connectivity index (χ4n) is 3.08. The van der Waals surface area contributed by atoms with E-state index in [0.29, 0.717) is 24.9 Å². The average Bonchev–Trinajstić information content (AvgIpc) is 2.58. The first kappa shape index (κ1) is 19.4. The molecule has 0 aromatic heterocycles. The first-order chi connectivity index (χ1) is 11.7. The molecule has 0 spiro atoms. The van der Waals surface area contributed by atoms with Crippen LogP contribution in [0.1, 0.15) is 30.6 Å². The number of sulfonamides is 1. The average molecular weight is 368 g/mol. The molecule has 0 radical (unpaired) electrons. The standard InChI is InChI=1S/C17H24N2O5S/c1-12-7-13(2)10-19(9-12)16(20)11-24-17(21)14-5-4-6-15(8-14)25(22,23)18-3/h4-6,8,12-13,18H,7,9-11H2,1-3H3. The van der Waals surface area contributed by atoms with Gasteiger partial charge in [0.15, 0.2) is 6.61 Å². The van der Waals surface area contributed by atoms with Crippen molar-refractivity contribution in [3.05, 3.63) is 29.8 Å². The third kappa shape index (κ3) is 5.02. The van der Waals surface area contributed by atoms with E-state index in [1.165, 1.54) is 31.3 Å². The van der Waals surface area contributed by atoms with Gasteiger partial charge < -0.3 is 9.64 Å². The maximum atomic E-state index is 12.2. The second-order valence-electron chi connectivity index (χ2n) is 6.56. The largest absolute Gasteiger partial charge is 0.452 e. The Bertz CT molecular complexity index is 737. The molecule has 2 unspecified atom stereocenters. The lowest BCUT2D eigenvalue weighted by Gasteiger charge is -2.34. The number of rotatable bonds is 5. The molecule has 2 atom stereocenters. The third-order valence-corrected chi connectivity index (χ3v) is 5.61. The van der Waals surface area contributed by atoms with Crippen molar-refractivity contribution < 1.29 is 22.7 Å². The fraction of sp³-hybridized carbons (Fsp3) is 0.529. The zero-order chi connectivity index (χ0) is 18.6. The van der Waals surface area contributed by atoms with Crippen LogP contribution in [0.2, 0.25) is 0 Å². The van der Waals surface area contributed by atoms with Gasteiger partial charge in [0.2, 0.25) is 10.0 Å². The molecule has 138 valence electrons. The normalized spacial score (nSPS) is 21.0. The van der Waals surface area contributed by atoms with Crippen LogP contribution in [0.5, 0.6) is 0 Å². The van der Waals surface area contributed by atoms with Gasteiger partial charge >= 0.3 is 5.97 Å². The van der Waals surface area contributed by atoms with E-state index >= 15 is 0 Å². The summed E-state index contributed by atoms with van der Waals surface area (Å²) in [6.07, 6.45) is 1.08. The van der Waals surface area contributed by atoms with Crippen LogP contribution in [0.15, 0.2) is 29.2 Å². The smallest absolute Gasteiger partial charge is 0.338 e. The molecule has 2 rings (SSSR count). The lowest BCUT2D eigenvalue weighted by Crippen LogP contribution is -2.44. The van der Waals surface area contributed by atoms with Crippen molar-refractivity contribution >= 4 is 21.9 Å². The van der Waals surface area contributed by atoms with E-state index in [2.05, 4.69) is 18.6 Å². The Hall–Kier alpha value is -1.93. The maximum Gasteiger partial charge on any atom is 0.338 e. The Morgan fingerprint density at radius 3 is 2.48 bits per heavy atom. The first-order valence-corrected chi connectivity index (χ1v) is 9.69. The van der Waals surface area contributed by atoms with Crippen molar-refractivity contribution in [2.24, 2.45) is 11.8 Å². The Morgan fingerprint density at radius 1 is 1.24 bits per heavy atom. The van der Waals surface area contributed by atoms with E-state index in [0.717, 1.165) is 6.42 Å². The van der Waals surface area contributed by atoms with Crippen LogP contribution >= 0.6 is 0 Å². The molecular weight excluding hydrogens is 344 g/mol. The molecule has 0 bridgehead atoms. The number of ether oxygens (including phenoxy) is 1. The van der Waals surface area contributed by atoms with Gasteiger partial charge in [0.25, 0.3) is 5.91 Å². The summed E-state index contributed by atoms with van der Waals surface area (Å²) >= 11 is 0. The third-order valence-electron chi connectivity index (χ3n) is 4.20. The summed E-state index contributed by atoms with van der Waals surface area (Å²) in [7, 11) is -2.36. The number of benzene rings is 1. The number of likely N-dealkylation sites (tertiary alicyclic amines) is 1. The van der Waals surface area contributed by atoms with Crippen LogP contribution in [0.25, 0.3) is 0 Å². The summed E-state index contributed by atoms with van der Waals surface area (Å²) in [5, 5.41) is 0. The minimum Gasteiger partial charge on any atom is -0.452 e. The van der Waals surface area contributed by atoms with Gasteiger partial charge in [-0.1, -0.05) is 19.9 Å². The van der Waals surface area contributed by atoms with E-state index in [1.54, 1.807) is 4.90 Å². The Labute approximate surface area is 148 Å². The van der Waals surface area contributed by atoms with Crippen LogP contribution in [-0.4, -0.2) is 51.9 Å². The molecule has 1 aromatic carbocycles. The van der Waals surface area contributed by atoms with E-state index in [9.17, 15) is 18.0 Å². The van der Waals surface area contributed by atoms with Gasteiger partial charge in [0.1, 0.15) is 0 Å². The summed E-state index contributed by atoms with van der Waals surface area (Å²) in [4.78, 5) is 26.0. The fourth-order valence-corrected chi connectivity index (χ4v) is 3.85. The number of piperidine rings is 1. The molecule has 1 heterocycles. The van der Waals surface area contributed by atoms with E-state index < -0.39 is 16.0 Å². The van der Waals surface area contributed by atoms with Gasteiger partial charge in [-0.15, -0.1) is 0 Å². The number of amides is 1. The quantitative estimate of drug-likeness (QED) is 0.790. The zero-order valence-electron chi connectivity index (χ0n) is 14.7. The molecular formula is C17H24N2O5S. The number of carbonyl (C=O) groups is 2. The van der Waals surface area contributed by atoms with Gasteiger partial charge in [-0.2, -0.15) is 0 Å².